The van der Waals surface area contributed by atoms with E-state index in [0.717, 1.165) is 11.1 Å². The summed E-state index contributed by atoms with van der Waals surface area (Å²) in [6.07, 6.45) is 3.29. The number of carbonyl (C=O) groups is 1. The van der Waals surface area contributed by atoms with Crippen molar-refractivity contribution in [2.75, 3.05) is 0 Å². The first-order valence-corrected chi connectivity index (χ1v) is 6.60. The molecule has 1 aromatic carbocycles. The lowest BCUT2D eigenvalue weighted by atomic mass is 10.00. The maximum absolute atomic E-state index is 10.8. The van der Waals surface area contributed by atoms with Crippen LogP contribution >= 0.6 is 11.6 Å². The molecule has 1 aromatic heterocycles. The third-order valence-corrected chi connectivity index (χ3v) is 3.20. The molecule has 0 amide bonds. The van der Waals surface area contributed by atoms with Crippen LogP contribution in [0.25, 0.3) is 11.1 Å². The SMILES string of the molecule is O=NC(CCC(=O)O)c1ccc(-c2cnc(Cl)nc2)cc1. The predicted molar refractivity (Wildman–Crippen MR) is 77.9 cm³/mol. The molecule has 0 saturated heterocycles. The van der Waals surface area contributed by atoms with Crippen LogP contribution in [0.5, 0.6) is 0 Å². The number of rotatable bonds is 6. The number of hydrogen-bond donors (Lipinski definition) is 1. The number of carboxylic acid groups (broad SMARTS) is 1. The van der Waals surface area contributed by atoms with Gasteiger partial charge in [0.25, 0.3) is 0 Å². The van der Waals surface area contributed by atoms with Gasteiger partial charge >= 0.3 is 5.97 Å². The van der Waals surface area contributed by atoms with Gasteiger partial charge in [-0.05, 0) is 29.1 Å². The Morgan fingerprint density at radius 1 is 1.19 bits per heavy atom. The molecule has 0 bridgehead atoms. The molecular formula is C14H12ClN3O3. The smallest absolute Gasteiger partial charge is 0.303 e. The first-order valence-electron chi connectivity index (χ1n) is 6.22. The fraction of sp³-hybridized carbons (Fsp3) is 0.214. The van der Waals surface area contributed by atoms with Gasteiger partial charge in [-0.15, -0.1) is 0 Å². The van der Waals surface area contributed by atoms with Gasteiger partial charge in [-0.2, -0.15) is 4.91 Å². The van der Waals surface area contributed by atoms with Crippen molar-refractivity contribution in [3.8, 4) is 11.1 Å². The number of aliphatic carboxylic acids is 1. The quantitative estimate of drug-likeness (QED) is 0.651. The third kappa shape index (κ3) is 4.06. The van der Waals surface area contributed by atoms with Crippen molar-refractivity contribution >= 4 is 17.6 Å². The summed E-state index contributed by atoms with van der Waals surface area (Å²) < 4.78 is 0. The van der Waals surface area contributed by atoms with E-state index in [4.69, 9.17) is 16.7 Å². The molecule has 0 aliphatic rings. The third-order valence-electron chi connectivity index (χ3n) is 3.01. The molecule has 21 heavy (non-hydrogen) atoms. The molecular weight excluding hydrogens is 294 g/mol. The fourth-order valence-electron chi connectivity index (χ4n) is 1.90. The zero-order valence-electron chi connectivity index (χ0n) is 10.9. The summed E-state index contributed by atoms with van der Waals surface area (Å²) >= 11 is 5.63. The first kappa shape index (κ1) is 15.1. The first-order chi connectivity index (χ1) is 10.1. The molecule has 0 radical (unpaired) electrons. The average Bonchev–Trinajstić information content (AvgIpc) is 2.49. The Bertz CT molecular complexity index is 629. The normalized spacial score (nSPS) is 11.9. The van der Waals surface area contributed by atoms with E-state index in [0.29, 0.717) is 5.56 Å². The van der Waals surface area contributed by atoms with Crippen LogP contribution in [0.4, 0.5) is 0 Å². The summed E-state index contributed by atoms with van der Waals surface area (Å²) in [7, 11) is 0. The van der Waals surface area contributed by atoms with Gasteiger partial charge in [0.05, 0.1) is 0 Å². The molecule has 1 N–H and O–H groups in total. The summed E-state index contributed by atoms with van der Waals surface area (Å²) in [6.45, 7) is 0. The average molecular weight is 306 g/mol. The van der Waals surface area contributed by atoms with Crippen LogP contribution in [0.15, 0.2) is 41.8 Å². The topological polar surface area (TPSA) is 92.5 Å². The Hall–Kier alpha value is -2.34. The minimum absolute atomic E-state index is 0.0941. The van der Waals surface area contributed by atoms with Gasteiger partial charge in [-0.25, -0.2) is 9.97 Å². The van der Waals surface area contributed by atoms with E-state index in [1.807, 2.05) is 0 Å². The minimum atomic E-state index is -0.946. The molecule has 6 nitrogen and oxygen atoms in total. The molecule has 1 unspecified atom stereocenters. The standard InChI is InChI=1S/C14H12ClN3O3/c15-14-16-7-11(8-17-14)9-1-3-10(4-2-9)12(18-21)5-6-13(19)20/h1-4,7-8,12H,5-6H2,(H,19,20). The van der Waals surface area contributed by atoms with E-state index >= 15 is 0 Å². The maximum Gasteiger partial charge on any atom is 0.303 e. The largest absolute Gasteiger partial charge is 0.481 e. The van der Waals surface area contributed by atoms with Gasteiger partial charge in [0.2, 0.25) is 5.28 Å². The highest BCUT2D eigenvalue weighted by Crippen LogP contribution is 2.26. The lowest BCUT2D eigenvalue weighted by molar-refractivity contribution is -0.137. The van der Waals surface area contributed by atoms with E-state index in [-0.39, 0.29) is 18.1 Å². The zero-order valence-corrected chi connectivity index (χ0v) is 11.7. The van der Waals surface area contributed by atoms with Crippen LogP contribution in [-0.2, 0) is 4.79 Å². The van der Waals surface area contributed by atoms with Crippen LogP contribution in [0.1, 0.15) is 24.4 Å². The van der Waals surface area contributed by atoms with Crippen molar-refractivity contribution in [2.45, 2.75) is 18.9 Å². The molecule has 2 rings (SSSR count). The summed E-state index contributed by atoms with van der Waals surface area (Å²) in [4.78, 5) is 29.2. The molecule has 2 aromatic rings. The van der Waals surface area contributed by atoms with Gasteiger partial charge in [-0.1, -0.05) is 29.4 Å². The van der Waals surface area contributed by atoms with Crippen molar-refractivity contribution < 1.29 is 9.90 Å². The van der Waals surface area contributed by atoms with Gasteiger partial charge in [0, 0.05) is 24.4 Å². The predicted octanol–water partition coefficient (Wildman–Crippen LogP) is 3.47. The second kappa shape index (κ2) is 6.90. The number of halogens is 1. The number of carboxylic acids is 1. The Balaban J connectivity index is 2.15. The van der Waals surface area contributed by atoms with Crippen LogP contribution < -0.4 is 0 Å². The van der Waals surface area contributed by atoms with E-state index in [9.17, 15) is 9.70 Å². The molecule has 1 heterocycles. The number of benzene rings is 1. The van der Waals surface area contributed by atoms with Crippen molar-refractivity contribution in [3.63, 3.8) is 0 Å². The van der Waals surface area contributed by atoms with Crippen molar-refractivity contribution in [3.05, 3.63) is 52.4 Å². The van der Waals surface area contributed by atoms with Gasteiger partial charge in [0.15, 0.2) is 0 Å². The zero-order chi connectivity index (χ0) is 15.2. The molecule has 0 aliphatic heterocycles. The Morgan fingerprint density at radius 2 is 1.81 bits per heavy atom. The number of nitroso groups, excluding NO2 is 1. The Kier molecular flexibility index (Phi) is 4.94. The summed E-state index contributed by atoms with van der Waals surface area (Å²) in [5.74, 6) is -0.946. The molecule has 108 valence electrons. The lowest BCUT2D eigenvalue weighted by Gasteiger charge is -2.09. The van der Waals surface area contributed by atoms with Crippen LogP contribution in [0.2, 0.25) is 5.28 Å². The molecule has 0 fully saturated rings. The fourth-order valence-corrected chi connectivity index (χ4v) is 2.00. The van der Waals surface area contributed by atoms with Crippen molar-refractivity contribution in [2.24, 2.45) is 5.18 Å². The van der Waals surface area contributed by atoms with Gasteiger partial charge in [-0.3, -0.25) is 4.79 Å². The van der Waals surface area contributed by atoms with Crippen molar-refractivity contribution in [1.82, 2.24) is 9.97 Å². The lowest BCUT2D eigenvalue weighted by Crippen LogP contribution is -2.01. The molecule has 0 spiro atoms. The summed E-state index contributed by atoms with van der Waals surface area (Å²) in [5.41, 5.74) is 2.36. The van der Waals surface area contributed by atoms with Gasteiger partial charge in [0.1, 0.15) is 6.04 Å². The summed E-state index contributed by atoms with van der Waals surface area (Å²) in [6, 6.07) is 6.45. The van der Waals surface area contributed by atoms with E-state index in [1.165, 1.54) is 0 Å². The molecule has 0 aliphatic carbocycles. The summed E-state index contributed by atoms with van der Waals surface area (Å²) in [5, 5.41) is 11.8. The monoisotopic (exact) mass is 305 g/mol. The number of hydrogen-bond acceptors (Lipinski definition) is 5. The Labute approximate surface area is 125 Å². The van der Waals surface area contributed by atoms with Crippen LogP contribution in [-0.4, -0.2) is 21.0 Å². The Morgan fingerprint density at radius 3 is 2.33 bits per heavy atom. The van der Waals surface area contributed by atoms with E-state index < -0.39 is 12.0 Å². The van der Waals surface area contributed by atoms with Crippen LogP contribution in [0.3, 0.4) is 0 Å². The minimum Gasteiger partial charge on any atom is -0.481 e. The highest BCUT2D eigenvalue weighted by Gasteiger charge is 2.13. The maximum atomic E-state index is 10.8. The number of aromatic nitrogens is 2. The van der Waals surface area contributed by atoms with Gasteiger partial charge < -0.3 is 5.11 Å². The highest BCUT2D eigenvalue weighted by molar-refractivity contribution is 6.28. The number of nitrogens with zero attached hydrogens (tertiary/aromatic N) is 3. The highest BCUT2D eigenvalue weighted by atomic mass is 35.5. The van der Waals surface area contributed by atoms with Crippen molar-refractivity contribution in [1.29, 1.82) is 0 Å². The van der Waals surface area contributed by atoms with Crippen LogP contribution in [0, 0.1) is 4.91 Å². The van der Waals surface area contributed by atoms with E-state index in [2.05, 4.69) is 15.1 Å². The second-order valence-electron chi connectivity index (χ2n) is 4.42. The molecule has 1 atom stereocenters. The van der Waals surface area contributed by atoms with E-state index in [1.54, 1.807) is 36.7 Å². The molecule has 7 heteroatoms. The molecule has 0 saturated carbocycles. The second-order valence-corrected chi connectivity index (χ2v) is 4.75.